The molecular weight excluding hydrogens is 286 g/mol. The first-order chi connectivity index (χ1) is 9.75. The van der Waals surface area contributed by atoms with E-state index >= 15 is 0 Å². The van der Waals surface area contributed by atoms with E-state index in [1.807, 2.05) is 14.1 Å². The number of hydrogen-bond donors (Lipinski definition) is 1. The standard InChI is InChI=1S/C15H25N3O2S/c1-17(2)15(9-4-10-15)12-18(3)21(19,20)11-13-5-7-14(16)8-6-13/h5-8H,4,9-12,16H2,1-3H3. The summed E-state index contributed by atoms with van der Waals surface area (Å²) in [4.78, 5) is 2.16. The fourth-order valence-corrected chi connectivity index (χ4v) is 4.05. The van der Waals surface area contributed by atoms with Gasteiger partial charge >= 0.3 is 0 Å². The van der Waals surface area contributed by atoms with E-state index in [1.165, 1.54) is 10.7 Å². The Labute approximate surface area is 127 Å². The van der Waals surface area contributed by atoms with Crippen molar-refractivity contribution in [2.45, 2.75) is 30.6 Å². The van der Waals surface area contributed by atoms with Gasteiger partial charge in [-0.1, -0.05) is 12.1 Å². The van der Waals surface area contributed by atoms with Crippen LogP contribution in [0.15, 0.2) is 24.3 Å². The quantitative estimate of drug-likeness (QED) is 0.809. The summed E-state index contributed by atoms with van der Waals surface area (Å²) in [7, 11) is 2.43. The third-order valence-corrected chi connectivity index (χ3v) is 6.33. The van der Waals surface area contributed by atoms with Crippen LogP contribution in [0.4, 0.5) is 5.69 Å². The number of sulfonamides is 1. The largest absolute Gasteiger partial charge is 0.399 e. The second kappa shape index (κ2) is 5.94. The molecule has 0 amide bonds. The summed E-state index contributed by atoms with van der Waals surface area (Å²) < 4.78 is 26.5. The van der Waals surface area contributed by atoms with Gasteiger partial charge in [-0.3, -0.25) is 0 Å². The molecule has 6 heteroatoms. The van der Waals surface area contributed by atoms with Gasteiger partial charge in [-0.25, -0.2) is 12.7 Å². The Balaban J connectivity index is 2.06. The summed E-state index contributed by atoms with van der Waals surface area (Å²) in [5.41, 5.74) is 7.04. The maximum atomic E-state index is 12.5. The van der Waals surface area contributed by atoms with Crippen molar-refractivity contribution in [3.8, 4) is 0 Å². The van der Waals surface area contributed by atoms with E-state index in [4.69, 9.17) is 5.73 Å². The summed E-state index contributed by atoms with van der Waals surface area (Å²) in [5, 5.41) is 0. The predicted octanol–water partition coefficient (Wildman–Crippen LogP) is 1.51. The minimum atomic E-state index is -3.30. The summed E-state index contributed by atoms with van der Waals surface area (Å²) in [6.07, 6.45) is 3.29. The van der Waals surface area contributed by atoms with Gasteiger partial charge in [-0.2, -0.15) is 0 Å². The third-order valence-electron chi connectivity index (χ3n) is 4.55. The molecule has 1 aromatic carbocycles. The van der Waals surface area contributed by atoms with Gasteiger partial charge in [0.2, 0.25) is 10.0 Å². The molecule has 1 aromatic rings. The minimum absolute atomic E-state index is 0.00291. The van der Waals surface area contributed by atoms with E-state index < -0.39 is 10.0 Å². The van der Waals surface area contributed by atoms with Gasteiger partial charge in [-0.15, -0.1) is 0 Å². The van der Waals surface area contributed by atoms with Gasteiger partial charge in [0.25, 0.3) is 0 Å². The Bertz CT molecular complexity index is 577. The number of anilines is 1. The lowest BCUT2D eigenvalue weighted by molar-refractivity contribution is 0.0455. The van der Waals surface area contributed by atoms with Crippen LogP contribution in [0.5, 0.6) is 0 Å². The fraction of sp³-hybridized carbons (Fsp3) is 0.600. The lowest BCUT2D eigenvalue weighted by Gasteiger charge is -2.49. The fourth-order valence-electron chi connectivity index (χ4n) is 2.78. The van der Waals surface area contributed by atoms with E-state index in [2.05, 4.69) is 4.90 Å². The van der Waals surface area contributed by atoms with Gasteiger partial charge in [0.15, 0.2) is 0 Å². The van der Waals surface area contributed by atoms with Crippen LogP contribution in [0.1, 0.15) is 24.8 Å². The number of likely N-dealkylation sites (N-methyl/N-ethyl adjacent to an activating group) is 2. The molecule has 2 rings (SSSR count). The lowest BCUT2D eigenvalue weighted by atomic mass is 9.75. The Hall–Kier alpha value is -1.11. The van der Waals surface area contributed by atoms with Crippen LogP contribution in [0.25, 0.3) is 0 Å². The van der Waals surface area contributed by atoms with Crippen molar-refractivity contribution in [2.75, 3.05) is 33.4 Å². The highest BCUT2D eigenvalue weighted by Crippen LogP contribution is 2.37. The Morgan fingerprint density at radius 3 is 2.14 bits per heavy atom. The highest BCUT2D eigenvalue weighted by Gasteiger charge is 2.41. The number of hydrogen-bond acceptors (Lipinski definition) is 4. The summed E-state index contributed by atoms with van der Waals surface area (Å²) in [6, 6.07) is 7.01. The molecule has 1 fully saturated rings. The van der Waals surface area contributed by atoms with Crippen molar-refractivity contribution in [1.82, 2.24) is 9.21 Å². The smallest absolute Gasteiger partial charge is 0.218 e. The average molecular weight is 311 g/mol. The Kier molecular flexibility index (Phi) is 4.60. The number of nitrogen functional groups attached to an aromatic ring is 1. The van der Waals surface area contributed by atoms with Crippen LogP contribution in [0, 0.1) is 0 Å². The zero-order chi connectivity index (χ0) is 15.7. The van der Waals surface area contributed by atoms with E-state index in [-0.39, 0.29) is 11.3 Å². The summed E-state index contributed by atoms with van der Waals surface area (Å²) >= 11 is 0. The molecule has 1 saturated carbocycles. The number of nitrogens with two attached hydrogens (primary N) is 1. The normalized spacial score (nSPS) is 18.0. The maximum Gasteiger partial charge on any atom is 0.218 e. The highest BCUT2D eigenvalue weighted by atomic mass is 32.2. The molecule has 0 aliphatic heterocycles. The minimum Gasteiger partial charge on any atom is -0.399 e. The number of rotatable bonds is 6. The molecule has 5 nitrogen and oxygen atoms in total. The molecular formula is C15H25N3O2S. The second-order valence-corrected chi connectivity index (χ2v) is 8.30. The molecule has 0 atom stereocenters. The monoisotopic (exact) mass is 311 g/mol. The van der Waals surface area contributed by atoms with E-state index in [1.54, 1.807) is 31.3 Å². The topological polar surface area (TPSA) is 66.6 Å². The first-order valence-electron chi connectivity index (χ1n) is 7.21. The van der Waals surface area contributed by atoms with Crippen molar-refractivity contribution in [3.63, 3.8) is 0 Å². The van der Waals surface area contributed by atoms with Crippen molar-refractivity contribution < 1.29 is 8.42 Å². The van der Waals surface area contributed by atoms with Crippen LogP contribution in [0.3, 0.4) is 0 Å². The van der Waals surface area contributed by atoms with Crippen molar-refractivity contribution >= 4 is 15.7 Å². The van der Waals surface area contributed by atoms with E-state index in [0.29, 0.717) is 12.2 Å². The second-order valence-electron chi connectivity index (χ2n) is 6.23. The molecule has 0 radical (unpaired) electrons. The van der Waals surface area contributed by atoms with Crippen LogP contribution >= 0.6 is 0 Å². The maximum absolute atomic E-state index is 12.5. The van der Waals surface area contributed by atoms with E-state index in [0.717, 1.165) is 18.4 Å². The Morgan fingerprint density at radius 1 is 1.14 bits per heavy atom. The van der Waals surface area contributed by atoms with Crippen LogP contribution in [-0.4, -0.2) is 50.8 Å². The third kappa shape index (κ3) is 3.56. The number of nitrogens with zero attached hydrogens (tertiary/aromatic N) is 2. The van der Waals surface area contributed by atoms with Crippen molar-refractivity contribution in [2.24, 2.45) is 0 Å². The SMILES string of the molecule is CN(C)C1(CN(C)S(=O)(=O)Cc2ccc(N)cc2)CCC1. The van der Waals surface area contributed by atoms with Gasteiger partial charge in [-0.05, 0) is 51.1 Å². The molecule has 0 unspecified atom stereocenters. The van der Waals surface area contributed by atoms with Gasteiger partial charge in [0, 0.05) is 24.8 Å². The van der Waals surface area contributed by atoms with Crippen molar-refractivity contribution in [3.05, 3.63) is 29.8 Å². The summed E-state index contributed by atoms with van der Waals surface area (Å²) in [6.45, 7) is 0.553. The summed E-state index contributed by atoms with van der Waals surface area (Å²) in [5.74, 6) is 0.0211. The molecule has 1 aliphatic carbocycles. The average Bonchev–Trinajstić information content (AvgIpc) is 2.35. The molecule has 0 heterocycles. The molecule has 2 N–H and O–H groups in total. The highest BCUT2D eigenvalue weighted by molar-refractivity contribution is 7.88. The molecule has 0 spiro atoms. The van der Waals surface area contributed by atoms with Crippen LogP contribution in [-0.2, 0) is 15.8 Å². The zero-order valence-electron chi connectivity index (χ0n) is 13.0. The van der Waals surface area contributed by atoms with E-state index in [9.17, 15) is 8.42 Å². The molecule has 21 heavy (non-hydrogen) atoms. The van der Waals surface area contributed by atoms with Crippen molar-refractivity contribution in [1.29, 1.82) is 0 Å². The van der Waals surface area contributed by atoms with Gasteiger partial charge in [0.05, 0.1) is 5.75 Å². The Morgan fingerprint density at radius 2 is 1.71 bits per heavy atom. The first-order valence-corrected chi connectivity index (χ1v) is 8.82. The molecule has 1 aliphatic rings. The molecule has 0 saturated heterocycles. The van der Waals surface area contributed by atoms with Crippen LogP contribution < -0.4 is 5.73 Å². The first kappa shape index (κ1) is 16.3. The molecule has 0 bridgehead atoms. The van der Waals surface area contributed by atoms with Crippen LogP contribution in [0.2, 0.25) is 0 Å². The lowest BCUT2D eigenvalue weighted by Crippen LogP contribution is -2.57. The molecule has 118 valence electrons. The molecule has 0 aromatic heterocycles. The van der Waals surface area contributed by atoms with Gasteiger partial charge in [0.1, 0.15) is 0 Å². The zero-order valence-corrected chi connectivity index (χ0v) is 13.9. The predicted molar refractivity (Wildman–Crippen MR) is 86.4 cm³/mol. The number of benzene rings is 1. The van der Waals surface area contributed by atoms with Gasteiger partial charge < -0.3 is 10.6 Å².